The van der Waals surface area contributed by atoms with E-state index >= 15 is 0 Å². The Bertz CT molecular complexity index is 999. The quantitative estimate of drug-likeness (QED) is 0.550. The molecule has 0 radical (unpaired) electrons. The van der Waals surface area contributed by atoms with Gasteiger partial charge in [-0.3, -0.25) is 4.79 Å². The molecule has 6 heteroatoms. The van der Waals surface area contributed by atoms with Crippen LogP contribution in [0.1, 0.15) is 55.6 Å². The fourth-order valence-electron chi connectivity index (χ4n) is 3.37. The third-order valence-electron chi connectivity index (χ3n) is 5.11. The first-order chi connectivity index (χ1) is 14.8. The van der Waals surface area contributed by atoms with Gasteiger partial charge in [-0.1, -0.05) is 29.4 Å². The number of hydrogen-bond acceptors (Lipinski definition) is 6. The number of fused-ring (bicyclic) bond motifs is 1. The summed E-state index contributed by atoms with van der Waals surface area (Å²) in [4.78, 5) is 12.7. The maximum Gasteiger partial charge on any atom is 0.202 e. The molecule has 0 bridgehead atoms. The molecule has 2 atom stereocenters. The number of aliphatic hydroxyl groups is 1. The molecule has 0 amide bonds. The molecule has 3 rings (SSSR count). The fraction of sp³-hybridized carbons (Fsp3) is 0.320. The zero-order valence-electron chi connectivity index (χ0n) is 18.0. The lowest BCUT2D eigenvalue weighted by Crippen LogP contribution is -2.36. The predicted molar refractivity (Wildman–Crippen MR) is 118 cm³/mol. The van der Waals surface area contributed by atoms with Crippen molar-refractivity contribution in [2.24, 2.45) is 0 Å². The Morgan fingerprint density at radius 1 is 1.10 bits per heavy atom. The second-order valence-corrected chi connectivity index (χ2v) is 7.94. The SMILES string of the molecule is CC(C)=CCC/C(C)=C/COc1cc(O)c2c(c1)O[C@H](c1ccc(O)cc1)[C@@H](O)C2=O. The minimum absolute atomic E-state index is 0.0664. The Balaban J connectivity index is 1.75. The Labute approximate surface area is 182 Å². The summed E-state index contributed by atoms with van der Waals surface area (Å²) in [6.07, 6.45) is 3.65. The molecule has 0 aromatic heterocycles. The van der Waals surface area contributed by atoms with Crippen molar-refractivity contribution in [2.45, 2.75) is 45.8 Å². The van der Waals surface area contributed by atoms with Gasteiger partial charge in [0.2, 0.25) is 5.78 Å². The molecule has 1 aliphatic heterocycles. The van der Waals surface area contributed by atoms with Crippen molar-refractivity contribution in [3.05, 3.63) is 70.8 Å². The first-order valence-electron chi connectivity index (χ1n) is 10.2. The smallest absolute Gasteiger partial charge is 0.202 e. The average molecular weight is 424 g/mol. The summed E-state index contributed by atoms with van der Waals surface area (Å²) >= 11 is 0. The molecule has 0 saturated heterocycles. The standard InChI is InChI=1S/C25H28O6/c1-15(2)5-4-6-16(3)11-12-30-19-13-20(27)22-21(14-19)31-25(24(29)23(22)28)17-7-9-18(26)10-8-17/h5,7-11,13-14,24-27,29H,4,6,12H2,1-3H3/b16-11+/t24-,25+/m0/s1. The number of phenolic OH excluding ortho intramolecular Hbond substituents is 2. The highest BCUT2D eigenvalue weighted by atomic mass is 16.5. The number of carbonyl (C=O) groups excluding carboxylic acids is 1. The second-order valence-electron chi connectivity index (χ2n) is 7.94. The average Bonchev–Trinajstić information content (AvgIpc) is 2.71. The van der Waals surface area contributed by atoms with Crippen LogP contribution in [0.4, 0.5) is 0 Å². The summed E-state index contributed by atoms with van der Waals surface area (Å²) in [7, 11) is 0. The fourth-order valence-corrected chi connectivity index (χ4v) is 3.37. The van der Waals surface area contributed by atoms with Crippen molar-refractivity contribution in [3.63, 3.8) is 0 Å². The van der Waals surface area contributed by atoms with Gasteiger partial charge in [-0.15, -0.1) is 0 Å². The van der Waals surface area contributed by atoms with Gasteiger partial charge in [0.15, 0.2) is 12.2 Å². The van der Waals surface area contributed by atoms with E-state index in [0.29, 0.717) is 17.9 Å². The van der Waals surface area contributed by atoms with Crippen molar-refractivity contribution < 1.29 is 29.6 Å². The molecule has 6 nitrogen and oxygen atoms in total. The van der Waals surface area contributed by atoms with Crippen LogP contribution in [0.25, 0.3) is 0 Å². The maximum absolute atomic E-state index is 12.7. The van der Waals surface area contributed by atoms with Gasteiger partial charge in [-0.05, 0) is 57.4 Å². The summed E-state index contributed by atoms with van der Waals surface area (Å²) in [6.45, 7) is 6.50. The van der Waals surface area contributed by atoms with Crippen molar-refractivity contribution in [3.8, 4) is 23.0 Å². The summed E-state index contributed by atoms with van der Waals surface area (Å²) in [5.41, 5.74) is 2.95. The molecular weight excluding hydrogens is 396 g/mol. The maximum atomic E-state index is 12.7. The van der Waals surface area contributed by atoms with Gasteiger partial charge in [0.1, 0.15) is 35.2 Å². The van der Waals surface area contributed by atoms with Crippen molar-refractivity contribution in [2.75, 3.05) is 6.61 Å². The van der Waals surface area contributed by atoms with E-state index in [2.05, 4.69) is 19.9 Å². The summed E-state index contributed by atoms with van der Waals surface area (Å²) in [5.74, 6) is -0.354. The molecule has 0 unspecified atom stereocenters. The van der Waals surface area contributed by atoms with Gasteiger partial charge >= 0.3 is 0 Å². The van der Waals surface area contributed by atoms with Crippen LogP contribution < -0.4 is 9.47 Å². The summed E-state index contributed by atoms with van der Waals surface area (Å²) in [5, 5.41) is 30.2. The zero-order valence-corrected chi connectivity index (χ0v) is 18.0. The minimum Gasteiger partial charge on any atom is -0.508 e. The number of allylic oxidation sites excluding steroid dienone is 3. The van der Waals surface area contributed by atoms with E-state index in [0.717, 1.165) is 12.8 Å². The summed E-state index contributed by atoms with van der Waals surface area (Å²) in [6, 6.07) is 8.94. The Hall–Kier alpha value is -3.25. The molecule has 164 valence electrons. The molecule has 2 aromatic carbocycles. The molecule has 1 heterocycles. The molecule has 0 fully saturated rings. The molecule has 0 aliphatic carbocycles. The minimum atomic E-state index is -1.47. The normalized spacial score (nSPS) is 18.2. The van der Waals surface area contributed by atoms with Crippen molar-refractivity contribution in [1.82, 2.24) is 0 Å². The largest absolute Gasteiger partial charge is 0.508 e. The topological polar surface area (TPSA) is 96.2 Å². The number of Topliss-reactive ketones (excluding diaryl/α,β-unsaturated/α-hetero) is 1. The number of aromatic hydroxyl groups is 2. The lowest BCUT2D eigenvalue weighted by atomic mass is 9.93. The van der Waals surface area contributed by atoms with E-state index < -0.39 is 18.0 Å². The van der Waals surface area contributed by atoms with Crippen LogP contribution in [0.2, 0.25) is 0 Å². The number of hydrogen-bond donors (Lipinski definition) is 3. The number of rotatable bonds is 7. The molecule has 31 heavy (non-hydrogen) atoms. The predicted octanol–water partition coefficient (Wildman–Crippen LogP) is 4.85. The van der Waals surface area contributed by atoms with Crippen LogP contribution in [-0.4, -0.2) is 33.8 Å². The number of benzene rings is 2. The van der Waals surface area contributed by atoms with Crippen molar-refractivity contribution >= 4 is 5.78 Å². The molecule has 0 spiro atoms. The first-order valence-corrected chi connectivity index (χ1v) is 10.2. The third-order valence-corrected chi connectivity index (χ3v) is 5.11. The van der Waals surface area contributed by atoms with Crippen LogP contribution in [0.3, 0.4) is 0 Å². The van der Waals surface area contributed by atoms with E-state index in [1.54, 1.807) is 18.2 Å². The number of ether oxygens (including phenoxy) is 2. The van der Waals surface area contributed by atoms with Gasteiger partial charge in [0.05, 0.1) is 0 Å². The number of carbonyl (C=O) groups is 1. The van der Waals surface area contributed by atoms with E-state index in [9.17, 15) is 20.1 Å². The van der Waals surface area contributed by atoms with Gasteiger partial charge in [0, 0.05) is 12.1 Å². The van der Waals surface area contributed by atoms with Gasteiger partial charge < -0.3 is 24.8 Å². The van der Waals surface area contributed by atoms with Crippen LogP contribution in [0, 0.1) is 0 Å². The summed E-state index contributed by atoms with van der Waals surface area (Å²) < 4.78 is 11.6. The van der Waals surface area contributed by atoms with E-state index in [1.807, 2.05) is 13.0 Å². The molecule has 3 N–H and O–H groups in total. The van der Waals surface area contributed by atoms with Gasteiger partial charge in [-0.2, -0.15) is 0 Å². The van der Waals surface area contributed by atoms with Gasteiger partial charge in [-0.25, -0.2) is 0 Å². The monoisotopic (exact) mass is 424 g/mol. The molecule has 0 saturated carbocycles. The lowest BCUT2D eigenvalue weighted by Gasteiger charge is -2.30. The number of ketones is 1. The van der Waals surface area contributed by atoms with E-state index in [4.69, 9.17) is 9.47 Å². The third kappa shape index (κ3) is 5.47. The van der Waals surface area contributed by atoms with E-state index in [1.165, 1.54) is 29.3 Å². The Morgan fingerprint density at radius 2 is 1.81 bits per heavy atom. The lowest BCUT2D eigenvalue weighted by molar-refractivity contribution is 0.0210. The van der Waals surface area contributed by atoms with Crippen LogP contribution in [0.15, 0.2) is 59.7 Å². The highest BCUT2D eigenvalue weighted by Crippen LogP contribution is 2.42. The molecule has 1 aliphatic rings. The van der Waals surface area contributed by atoms with Crippen molar-refractivity contribution in [1.29, 1.82) is 0 Å². The highest BCUT2D eigenvalue weighted by molar-refractivity contribution is 6.05. The molecule has 2 aromatic rings. The Morgan fingerprint density at radius 3 is 2.48 bits per heavy atom. The van der Waals surface area contributed by atoms with E-state index in [-0.39, 0.29) is 22.8 Å². The number of phenols is 2. The number of aliphatic hydroxyl groups excluding tert-OH is 1. The highest BCUT2D eigenvalue weighted by Gasteiger charge is 2.39. The second kappa shape index (κ2) is 9.71. The van der Waals surface area contributed by atoms with Crippen LogP contribution in [-0.2, 0) is 0 Å². The zero-order chi connectivity index (χ0) is 22.5. The molecular formula is C25H28O6. The first kappa shape index (κ1) is 22.4. The Kier molecular flexibility index (Phi) is 7.02. The van der Waals surface area contributed by atoms with Crippen LogP contribution in [0.5, 0.6) is 23.0 Å². The van der Waals surface area contributed by atoms with Crippen LogP contribution >= 0.6 is 0 Å². The van der Waals surface area contributed by atoms with Gasteiger partial charge in [0.25, 0.3) is 0 Å².